The van der Waals surface area contributed by atoms with Crippen LogP contribution in [0.1, 0.15) is 39.1 Å². The molecule has 2 atom stereocenters. The van der Waals surface area contributed by atoms with Gasteiger partial charge < -0.3 is 20.4 Å². The van der Waals surface area contributed by atoms with Gasteiger partial charge in [-0.05, 0) is 18.6 Å². The number of benzene rings is 1. The molecule has 0 saturated carbocycles. The van der Waals surface area contributed by atoms with Gasteiger partial charge in [0.05, 0.1) is 23.8 Å². The Morgan fingerprint density at radius 1 is 1.22 bits per heavy atom. The summed E-state index contributed by atoms with van der Waals surface area (Å²) in [6.45, 7) is 0.932. The van der Waals surface area contributed by atoms with E-state index in [9.17, 15) is 19.8 Å². The molecule has 18 heavy (non-hydrogen) atoms. The lowest BCUT2D eigenvalue weighted by atomic mass is 9.88. The number of rotatable bonds is 5. The van der Waals surface area contributed by atoms with Crippen molar-refractivity contribution in [2.45, 2.75) is 18.9 Å². The number of hydrogen-bond acceptors (Lipinski definition) is 4. The Balaban J connectivity index is 3.48. The Morgan fingerprint density at radius 2 is 1.83 bits per heavy atom. The Hall–Kier alpha value is -1.92. The monoisotopic (exact) mass is 254 g/mol. The molecule has 0 fully saturated rings. The number of carboxylic acids is 2. The topological polar surface area (TPSA) is 115 Å². The molecule has 0 aliphatic heterocycles. The first kappa shape index (κ1) is 14.1. The first-order valence-electron chi connectivity index (χ1n) is 5.28. The summed E-state index contributed by atoms with van der Waals surface area (Å²) in [5.74, 6) is -3.60. The van der Waals surface area contributed by atoms with Crippen molar-refractivity contribution < 1.29 is 30.0 Å². The van der Waals surface area contributed by atoms with Crippen molar-refractivity contribution in [3.05, 3.63) is 34.9 Å². The quantitative estimate of drug-likeness (QED) is 0.609. The minimum atomic E-state index is -1.40. The van der Waals surface area contributed by atoms with Crippen molar-refractivity contribution in [1.82, 2.24) is 0 Å². The minimum absolute atomic E-state index is 0.111. The third-order valence-electron chi connectivity index (χ3n) is 2.72. The molecule has 6 heteroatoms. The molecule has 6 nitrogen and oxygen atoms in total. The van der Waals surface area contributed by atoms with Gasteiger partial charge >= 0.3 is 11.9 Å². The van der Waals surface area contributed by atoms with Crippen LogP contribution in [0.25, 0.3) is 0 Å². The van der Waals surface area contributed by atoms with E-state index in [1.54, 1.807) is 0 Å². The highest BCUT2D eigenvalue weighted by atomic mass is 16.4. The highest BCUT2D eigenvalue weighted by Gasteiger charge is 2.26. The standard InChI is InChI=1S/C12H14O6/c1-6(14)9(5-13)7-3-2-4-8(11(15)16)10(7)12(17)18/h2-4,6,9,13-14H,5H2,1H3,(H,15,16)(H,17,18). The Labute approximate surface area is 103 Å². The van der Waals surface area contributed by atoms with Crippen molar-refractivity contribution in [2.75, 3.05) is 6.61 Å². The zero-order valence-corrected chi connectivity index (χ0v) is 9.70. The first-order chi connectivity index (χ1) is 8.40. The fourth-order valence-electron chi connectivity index (χ4n) is 1.81. The Morgan fingerprint density at radius 3 is 2.22 bits per heavy atom. The lowest BCUT2D eigenvalue weighted by molar-refractivity contribution is 0.0646. The van der Waals surface area contributed by atoms with E-state index in [4.69, 9.17) is 10.2 Å². The van der Waals surface area contributed by atoms with Gasteiger partial charge in [-0.1, -0.05) is 12.1 Å². The maximum Gasteiger partial charge on any atom is 0.336 e. The van der Waals surface area contributed by atoms with Crippen LogP contribution in [0.2, 0.25) is 0 Å². The minimum Gasteiger partial charge on any atom is -0.478 e. The van der Waals surface area contributed by atoms with Gasteiger partial charge in [-0.2, -0.15) is 0 Å². The summed E-state index contributed by atoms with van der Waals surface area (Å²) in [6.07, 6.45) is -0.989. The molecule has 1 aromatic rings. The van der Waals surface area contributed by atoms with E-state index >= 15 is 0 Å². The number of aliphatic hydroxyl groups is 2. The number of hydrogen-bond donors (Lipinski definition) is 4. The molecule has 0 aliphatic carbocycles. The van der Waals surface area contributed by atoms with Crippen LogP contribution in [-0.4, -0.2) is 45.1 Å². The lowest BCUT2D eigenvalue weighted by Crippen LogP contribution is -2.22. The average Bonchev–Trinajstić information content (AvgIpc) is 2.28. The molecule has 2 unspecified atom stereocenters. The van der Waals surface area contributed by atoms with Crippen LogP contribution >= 0.6 is 0 Å². The summed E-state index contributed by atoms with van der Waals surface area (Å²) in [6, 6.07) is 3.95. The van der Waals surface area contributed by atoms with E-state index in [1.807, 2.05) is 0 Å². The number of carboxylic acid groups (broad SMARTS) is 2. The molecule has 0 aliphatic rings. The van der Waals surface area contributed by atoms with Crippen LogP contribution in [0.5, 0.6) is 0 Å². The van der Waals surface area contributed by atoms with E-state index in [1.165, 1.54) is 25.1 Å². The van der Waals surface area contributed by atoms with Gasteiger partial charge in [0.1, 0.15) is 0 Å². The molecule has 0 bridgehead atoms. The average molecular weight is 254 g/mol. The van der Waals surface area contributed by atoms with Crippen LogP contribution in [-0.2, 0) is 0 Å². The second-order valence-electron chi connectivity index (χ2n) is 3.91. The summed E-state index contributed by atoms with van der Waals surface area (Å²) in [5.41, 5.74) is -0.649. The smallest absolute Gasteiger partial charge is 0.336 e. The molecule has 98 valence electrons. The zero-order chi connectivity index (χ0) is 13.9. The molecule has 0 radical (unpaired) electrons. The molecule has 1 rings (SSSR count). The third-order valence-corrected chi connectivity index (χ3v) is 2.72. The third kappa shape index (κ3) is 2.66. The molecular formula is C12H14O6. The molecule has 4 N–H and O–H groups in total. The lowest BCUT2D eigenvalue weighted by Gasteiger charge is -2.20. The van der Waals surface area contributed by atoms with Crippen molar-refractivity contribution in [3.8, 4) is 0 Å². The first-order valence-corrected chi connectivity index (χ1v) is 5.28. The van der Waals surface area contributed by atoms with Gasteiger partial charge in [-0.25, -0.2) is 9.59 Å². The summed E-state index contributed by atoms with van der Waals surface area (Å²) >= 11 is 0. The molecule has 0 spiro atoms. The number of aliphatic hydroxyl groups excluding tert-OH is 2. The van der Waals surface area contributed by atoms with Crippen LogP contribution in [0.15, 0.2) is 18.2 Å². The van der Waals surface area contributed by atoms with E-state index in [0.29, 0.717) is 0 Å². The predicted octanol–water partition coefficient (Wildman–Crippen LogP) is 0.540. The molecule has 0 aromatic heterocycles. The van der Waals surface area contributed by atoms with E-state index in [2.05, 4.69) is 0 Å². The van der Waals surface area contributed by atoms with Crippen LogP contribution in [0.4, 0.5) is 0 Å². The van der Waals surface area contributed by atoms with Crippen molar-refractivity contribution >= 4 is 11.9 Å². The molecule has 0 heterocycles. The van der Waals surface area contributed by atoms with Crippen molar-refractivity contribution in [3.63, 3.8) is 0 Å². The van der Waals surface area contributed by atoms with Crippen LogP contribution in [0, 0.1) is 0 Å². The van der Waals surface area contributed by atoms with Gasteiger partial charge in [0.2, 0.25) is 0 Å². The maximum absolute atomic E-state index is 11.2. The SMILES string of the molecule is CC(O)C(CO)c1cccc(C(=O)O)c1C(=O)O. The van der Waals surface area contributed by atoms with Crippen molar-refractivity contribution in [1.29, 1.82) is 0 Å². The second kappa shape index (κ2) is 5.61. The Kier molecular flexibility index (Phi) is 4.41. The maximum atomic E-state index is 11.2. The Bertz CT molecular complexity index is 466. The zero-order valence-electron chi connectivity index (χ0n) is 9.70. The largest absolute Gasteiger partial charge is 0.478 e. The van der Waals surface area contributed by atoms with Gasteiger partial charge in [-0.3, -0.25) is 0 Å². The fourth-order valence-corrected chi connectivity index (χ4v) is 1.81. The van der Waals surface area contributed by atoms with E-state index < -0.39 is 36.1 Å². The van der Waals surface area contributed by atoms with E-state index in [-0.39, 0.29) is 11.1 Å². The summed E-state index contributed by atoms with van der Waals surface area (Å²) in [7, 11) is 0. The van der Waals surface area contributed by atoms with Crippen LogP contribution in [0.3, 0.4) is 0 Å². The molecule has 1 aromatic carbocycles. The van der Waals surface area contributed by atoms with Gasteiger partial charge in [0, 0.05) is 5.92 Å². The highest BCUT2D eigenvalue weighted by Crippen LogP contribution is 2.26. The molecule has 0 saturated heterocycles. The van der Waals surface area contributed by atoms with Gasteiger partial charge in [0.15, 0.2) is 0 Å². The summed E-state index contributed by atoms with van der Waals surface area (Å²) in [4.78, 5) is 22.1. The van der Waals surface area contributed by atoms with Gasteiger partial charge in [0.25, 0.3) is 0 Å². The summed E-state index contributed by atoms with van der Waals surface area (Å²) < 4.78 is 0. The summed E-state index contributed by atoms with van der Waals surface area (Å²) in [5, 5.41) is 36.7. The second-order valence-corrected chi connectivity index (χ2v) is 3.91. The number of carbonyl (C=O) groups is 2. The van der Waals surface area contributed by atoms with Crippen molar-refractivity contribution in [2.24, 2.45) is 0 Å². The van der Waals surface area contributed by atoms with Crippen LogP contribution < -0.4 is 0 Å². The highest BCUT2D eigenvalue weighted by molar-refractivity contribution is 6.02. The molecular weight excluding hydrogens is 240 g/mol. The predicted molar refractivity (Wildman–Crippen MR) is 61.9 cm³/mol. The van der Waals surface area contributed by atoms with Gasteiger partial charge in [-0.15, -0.1) is 0 Å². The molecule has 0 amide bonds. The normalized spacial score (nSPS) is 13.9. The van der Waals surface area contributed by atoms with E-state index in [0.717, 1.165) is 0 Å². The fraction of sp³-hybridized carbons (Fsp3) is 0.333. The number of aromatic carboxylic acids is 2.